The maximum atomic E-state index is 13.2. The minimum Gasteiger partial charge on any atom is -0.367 e. The molecular formula is C14H19FN2. The van der Waals surface area contributed by atoms with E-state index in [2.05, 4.69) is 23.7 Å². The van der Waals surface area contributed by atoms with Crippen LogP contribution in [0, 0.1) is 5.82 Å². The minimum absolute atomic E-state index is 0.151. The summed E-state index contributed by atoms with van der Waals surface area (Å²) < 4.78 is 13.2. The van der Waals surface area contributed by atoms with E-state index in [9.17, 15) is 4.39 Å². The van der Waals surface area contributed by atoms with Crippen molar-refractivity contribution in [2.75, 3.05) is 24.5 Å². The summed E-state index contributed by atoms with van der Waals surface area (Å²) in [6.07, 6.45) is 2.87. The van der Waals surface area contributed by atoms with Crippen LogP contribution in [0.25, 0.3) is 0 Å². The smallest absolute Gasteiger partial charge is 0.125 e. The lowest BCUT2D eigenvalue weighted by atomic mass is 10.1. The van der Waals surface area contributed by atoms with Gasteiger partial charge in [-0.3, -0.25) is 0 Å². The summed E-state index contributed by atoms with van der Waals surface area (Å²) >= 11 is 0. The molecule has 1 aliphatic heterocycles. The molecule has 0 saturated heterocycles. The second kappa shape index (κ2) is 5.32. The average Bonchev–Trinajstić information content (AvgIpc) is 2.72. The fraction of sp³-hybridized carbons (Fsp3) is 0.429. The highest BCUT2D eigenvalue weighted by molar-refractivity contribution is 5.58. The fourth-order valence-electron chi connectivity index (χ4n) is 2.34. The SMILES string of the molecule is C=CCNCC(C)N1CCc2ccc(F)cc21. The van der Waals surface area contributed by atoms with Gasteiger partial charge in [0.25, 0.3) is 0 Å². The van der Waals surface area contributed by atoms with E-state index in [1.165, 1.54) is 5.56 Å². The van der Waals surface area contributed by atoms with E-state index >= 15 is 0 Å². The third-order valence-corrected chi connectivity index (χ3v) is 3.24. The highest BCUT2D eigenvalue weighted by atomic mass is 19.1. The molecule has 0 aromatic heterocycles. The first kappa shape index (κ1) is 12.1. The Morgan fingerprint density at radius 1 is 1.59 bits per heavy atom. The topological polar surface area (TPSA) is 15.3 Å². The Balaban J connectivity index is 2.05. The monoisotopic (exact) mass is 234 g/mol. The second-order valence-electron chi connectivity index (χ2n) is 4.51. The van der Waals surface area contributed by atoms with Gasteiger partial charge in [0.2, 0.25) is 0 Å². The van der Waals surface area contributed by atoms with Gasteiger partial charge in [0, 0.05) is 31.4 Å². The van der Waals surface area contributed by atoms with Gasteiger partial charge in [0.05, 0.1) is 0 Å². The molecular weight excluding hydrogens is 215 g/mol. The van der Waals surface area contributed by atoms with Crippen LogP contribution in [0.4, 0.5) is 10.1 Å². The number of fused-ring (bicyclic) bond motifs is 1. The first-order chi connectivity index (χ1) is 8.22. The molecule has 1 N–H and O–H groups in total. The van der Waals surface area contributed by atoms with Crippen LogP contribution in [0.15, 0.2) is 30.9 Å². The summed E-state index contributed by atoms with van der Waals surface area (Å²) in [6, 6.07) is 5.46. The summed E-state index contributed by atoms with van der Waals surface area (Å²) in [4.78, 5) is 2.27. The van der Waals surface area contributed by atoms with Crippen LogP contribution in [0.3, 0.4) is 0 Å². The van der Waals surface area contributed by atoms with Crippen molar-refractivity contribution in [1.29, 1.82) is 0 Å². The van der Waals surface area contributed by atoms with Crippen LogP contribution in [-0.2, 0) is 6.42 Å². The first-order valence-corrected chi connectivity index (χ1v) is 6.09. The number of halogens is 1. The van der Waals surface area contributed by atoms with Gasteiger partial charge in [-0.2, -0.15) is 0 Å². The zero-order valence-electron chi connectivity index (χ0n) is 10.2. The number of benzene rings is 1. The Morgan fingerprint density at radius 3 is 3.18 bits per heavy atom. The van der Waals surface area contributed by atoms with Crippen LogP contribution in [-0.4, -0.2) is 25.7 Å². The van der Waals surface area contributed by atoms with E-state index in [1.54, 1.807) is 12.1 Å². The summed E-state index contributed by atoms with van der Waals surface area (Å²) in [5.41, 5.74) is 2.31. The molecule has 0 aliphatic carbocycles. The van der Waals surface area contributed by atoms with Crippen molar-refractivity contribution < 1.29 is 4.39 Å². The van der Waals surface area contributed by atoms with E-state index in [-0.39, 0.29) is 5.82 Å². The van der Waals surface area contributed by atoms with Crippen LogP contribution in [0.1, 0.15) is 12.5 Å². The predicted molar refractivity (Wildman–Crippen MR) is 70.0 cm³/mol. The van der Waals surface area contributed by atoms with Crippen molar-refractivity contribution in [2.24, 2.45) is 0 Å². The highest BCUT2D eigenvalue weighted by Gasteiger charge is 2.23. The summed E-state index contributed by atoms with van der Waals surface area (Å²) in [6.45, 7) is 8.53. The van der Waals surface area contributed by atoms with Gasteiger partial charge < -0.3 is 10.2 Å². The predicted octanol–water partition coefficient (Wildman–Crippen LogP) is 2.35. The molecule has 0 bridgehead atoms. The molecule has 0 saturated carbocycles. The van der Waals surface area contributed by atoms with Crippen LogP contribution < -0.4 is 10.2 Å². The second-order valence-corrected chi connectivity index (χ2v) is 4.51. The standard InChI is InChI=1S/C14H19FN2/c1-3-7-16-10-11(2)17-8-6-12-4-5-13(15)9-14(12)17/h3-5,9,11,16H,1,6-8,10H2,2H3. The Morgan fingerprint density at radius 2 is 2.41 bits per heavy atom. The van der Waals surface area contributed by atoms with E-state index in [4.69, 9.17) is 0 Å². The van der Waals surface area contributed by atoms with E-state index in [0.717, 1.165) is 31.7 Å². The van der Waals surface area contributed by atoms with Crippen molar-refractivity contribution >= 4 is 5.69 Å². The maximum absolute atomic E-state index is 13.2. The van der Waals surface area contributed by atoms with Crippen LogP contribution in [0.5, 0.6) is 0 Å². The number of hydrogen-bond acceptors (Lipinski definition) is 2. The van der Waals surface area contributed by atoms with E-state index in [1.807, 2.05) is 12.1 Å². The minimum atomic E-state index is -0.151. The lowest BCUT2D eigenvalue weighted by molar-refractivity contribution is 0.591. The number of hydrogen-bond donors (Lipinski definition) is 1. The zero-order valence-corrected chi connectivity index (χ0v) is 10.2. The first-order valence-electron chi connectivity index (χ1n) is 6.09. The molecule has 3 heteroatoms. The average molecular weight is 234 g/mol. The maximum Gasteiger partial charge on any atom is 0.125 e. The lowest BCUT2D eigenvalue weighted by Crippen LogP contribution is -2.39. The normalized spacial score (nSPS) is 15.8. The summed E-state index contributed by atoms with van der Waals surface area (Å²) in [5.74, 6) is -0.151. The highest BCUT2D eigenvalue weighted by Crippen LogP contribution is 2.30. The Bertz CT molecular complexity index is 403. The molecule has 1 aliphatic rings. The van der Waals surface area contributed by atoms with E-state index < -0.39 is 0 Å². The van der Waals surface area contributed by atoms with Crippen LogP contribution in [0.2, 0.25) is 0 Å². The molecule has 2 nitrogen and oxygen atoms in total. The molecule has 17 heavy (non-hydrogen) atoms. The molecule has 1 aromatic carbocycles. The quantitative estimate of drug-likeness (QED) is 0.621. The van der Waals surface area contributed by atoms with Crippen molar-refractivity contribution in [3.8, 4) is 0 Å². The zero-order chi connectivity index (χ0) is 12.3. The molecule has 1 unspecified atom stereocenters. The molecule has 0 radical (unpaired) electrons. The third kappa shape index (κ3) is 2.67. The third-order valence-electron chi connectivity index (χ3n) is 3.24. The van der Waals surface area contributed by atoms with Crippen molar-refractivity contribution in [1.82, 2.24) is 5.32 Å². The molecule has 1 aromatic rings. The van der Waals surface area contributed by atoms with Crippen LogP contribution >= 0.6 is 0 Å². The molecule has 1 heterocycles. The summed E-state index contributed by atoms with van der Waals surface area (Å²) in [5, 5.41) is 3.30. The van der Waals surface area contributed by atoms with Gasteiger partial charge in [-0.25, -0.2) is 4.39 Å². The van der Waals surface area contributed by atoms with Gasteiger partial charge in [0.15, 0.2) is 0 Å². The Hall–Kier alpha value is -1.35. The van der Waals surface area contributed by atoms with Crippen molar-refractivity contribution in [3.05, 3.63) is 42.2 Å². The molecule has 0 fully saturated rings. The van der Waals surface area contributed by atoms with Crippen molar-refractivity contribution in [2.45, 2.75) is 19.4 Å². The summed E-state index contributed by atoms with van der Waals surface area (Å²) in [7, 11) is 0. The number of anilines is 1. The van der Waals surface area contributed by atoms with Gasteiger partial charge >= 0.3 is 0 Å². The lowest BCUT2D eigenvalue weighted by Gasteiger charge is -2.27. The molecule has 2 rings (SSSR count). The van der Waals surface area contributed by atoms with Gasteiger partial charge in [-0.15, -0.1) is 6.58 Å². The molecule has 1 atom stereocenters. The van der Waals surface area contributed by atoms with Gasteiger partial charge in [-0.1, -0.05) is 12.1 Å². The number of rotatable bonds is 5. The fourth-order valence-corrected chi connectivity index (χ4v) is 2.34. The number of nitrogens with zero attached hydrogens (tertiary/aromatic N) is 1. The Labute approximate surface area is 102 Å². The Kier molecular flexibility index (Phi) is 3.79. The van der Waals surface area contributed by atoms with Gasteiger partial charge in [-0.05, 0) is 31.0 Å². The molecule has 0 spiro atoms. The van der Waals surface area contributed by atoms with Gasteiger partial charge in [0.1, 0.15) is 5.82 Å². The largest absolute Gasteiger partial charge is 0.367 e. The van der Waals surface area contributed by atoms with E-state index in [0.29, 0.717) is 6.04 Å². The number of nitrogens with one attached hydrogen (secondary N) is 1. The molecule has 0 amide bonds. The van der Waals surface area contributed by atoms with Crippen molar-refractivity contribution in [3.63, 3.8) is 0 Å². The molecule has 92 valence electrons.